The number of hydrogen-bond acceptors (Lipinski definition) is 3. The Morgan fingerprint density at radius 3 is 2.88 bits per heavy atom. The van der Waals surface area contributed by atoms with Gasteiger partial charge in [-0.3, -0.25) is 9.59 Å². The van der Waals surface area contributed by atoms with E-state index in [4.69, 9.17) is 5.11 Å². The highest BCUT2D eigenvalue weighted by Crippen LogP contribution is 2.10. The van der Waals surface area contributed by atoms with Gasteiger partial charge in [0.25, 0.3) is 0 Å². The zero-order valence-electron chi connectivity index (χ0n) is 10.4. The number of carboxylic acid groups (broad SMARTS) is 1. The van der Waals surface area contributed by atoms with E-state index in [1.165, 1.54) is 0 Å². The Bertz CT molecular complexity index is 262. The lowest BCUT2D eigenvalue weighted by Crippen LogP contribution is -2.40. The van der Waals surface area contributed by atoms with Gasteiger partial charge in [0.1, 0.15) is 0 Å². The summed E-state index contributed by atoms with van der Waals surface area (Å²) < 4.78 is 0. The molecule has 2 atom stereocenters. The van der Waals surface area contributed by atoms with Crippen LogP contribution in [0.25, 0.3) is 0 Å². The molecule has 0 saturated carbocycles. The lowest BCUT2D eigenvalue weighted by molar-refractivity contribution is -0.141. The molecule has 1 fully saturated rings. The van der Waals surface area contributed by atoms with Gasteiger partial charge in [0.15, 0.2) is 0 Å². The molecule has 5 heteroatoms. The van der Waals surface area contributed by atoms with E-state index in [1.807, 2.05) is 0 Å². The van der Waals surface area contributed by atoms with E-state index in [0.29, 0.717) is 13.0 Å². The lowest BCUT2D eigenvalue weighted by atomic mass is 9.99. The Morgan fingerprint density at radius 1 is 1.53 bits per heavy atom. The third kappa shape index (κ3) is 5.17. The largest absolute Gasteiger partial charge is 0.481 e. The van der Waals surface area contributed by atoms with Crippen LogP contribution in [0.4, 0.5) is 0 Å². The standard InChI is InChI=1S/C12H22N2O3/c1-9(12(16)17)4-2-7-14-11(15)10-5-3-6-13-8-10/h9-10,13H,2-8H2,1H3,(H,14,15)(H,16,17)/t9?,10-/m1/s1. The molecule has 0 aromatic carbocycles. The Labute approximate surface area is 102 Å². The first-order valence-electron chi connectivity index (χ1n) is 6.32. The van der Waals surface area contributed by atoms with Crippen molar-refractivity contribution in [2.24, 2.45) is 11.8 Å². The summed E-state index contributed by atoms with van der Waals surface area (Å²) in [5, 5.41) is 14.8. The predicted octanol–water partition coefficient (Wildman–Crippen LogP) is 0.603. The maximum Gasteiger partial charge on any atom is 0.306 e. The average Bonchev–Trinajstić information content (AvgIpc) is 2.35. The number of hydrogen-bond donors (Lipinski definition) is 3. The van der Waals surface area contributed by atoms with Crippen LogP contribution in [-0.2, 0) is 9.59 Å². The molecule has 1 rings (SSSR count). The van der Waals surface area contributed by atoms with Gasteiger partial charge in [-0.25, -0.2) is 0 Å². The van der Waals surface area contributed by atoms with Gasteiger partial charge in [-0.15, -0.1) is 0 Å². The van der Waals surface area contributed by atoms with Crippen molar-refractivity contribution < 1.29 is 14.7 Å². The van der Waals surface area contributed by atoms with E-state index < -0.39 is 5.97 Å². The topological polar surface area (TPSA) is 78.4 Å². The first kappa shape index (κ1) is 14.0. The Hall–Kier alpha value is -1.10. The van der Waals surface area contributed by atoms with Gasteiger partial charge >= 0.3 is 5.97 Å². The van der Waals surface area contributed by atoms with Gasteiger partial charge in [0, 0.05) is 13.1 Å². The number of amides is 1. The van der Waals surface area contributed by atoms with E-state index in [0.717, 1.165) is 32.4 Å². The first-order valence-corrected chi connectivity index (χ1v) is 6.32. The molecular weight excluding hydrogens is 220 g/mol. The normalized spacial score (nSPS) is 21.8. The molecule has 0 spiro atoms. The van der Waals surface area contributed by atoms with Gasteiger partial charge in [0.05, 0.1) is 11.8 Å². The molecule has 1 heterocycles. The van der Waals surface area contributed by atoms with Crippen LogP contribution in [0.5, 0.6) is 0 Å². The Kier molecular flexibility index (Phi) is 5.97. The van der Waals surface area contributed by atoms with E-state index in [9.17, 15) is 9.59 Å². The van der Waals surface area contributed by atoms with Crippen LogP contribution in [-0.4, -0.2) is 36.6 Å². The fourth-order valence-electron chi connectivity index (χ4n) is 1.96. The van der Waals surface area contributed by atoms with E-state index in [2.05, 4.69) is 10.6 Å². The van der Waals surface area contributed by atoms with Gasteiger partial charge in [-0.1, -0.05) is 6.92 Å². The van der Waals surface area contributed by atoms with Crippen LogP contribution in [0.15, 0.2) is 0 Å². The van der Waals surface area contributed by atoms with Gasteiger partial charge in [-0.2, -0.15) is 0 Å². The maximum atomic E-state index is 11.7. The zero-order chi connectivity index (χ0) is 12.7. The quantitative estimate of drug-likeness (QED) is 0.596. The molecule has 0 aromatic rings. The molecule has 0 bridgehead atoms. The van der Waals surface area contributed by atoms with Crippen LogP contribution in [0, 0.1) is 11.8 Å². The number of carbonyl (C=O) groups is 2. The number of rotatable bonds is 6. The van der Waals surface area contributed by atoms with Gasteiger partial charge in [0.2, 0.25) is 5.91 Å². The Morgan fingerprint density at radius 2 is 2.29 bits per heavy atom. The lowest BCUT2D eigenvalue weighted by Gasteiger charge is -2.21. The monoisotopic (exact) mass is 242 g/mol. The van der Waals surface area contributed by atoms with Crippen LogP contribution < -0.4 is 10.6 Å². The summed E-state index contributed by atoms with van der Waals surface area (Å²) in [6, 6.07) is 0. The predicted molar refractivity (Wildman–Crippen MR) is 64.6 cm³/mol. The van der Waals surface area contributed by atoms with E-state index in [1.54, 1.807) is 6.92 Å². The second kappa shape index (κ2) is 7.27. The van der Waals surface area contributed by atoms with Crippen molar-refractivity contribution in [1.29, 1.82) is 0 Å². The summed E-state index contributed by atoms with van der Waals surface area (Å²) in [5.74, 6) is -0.920. The highest BCUT2D eigenvalue weighted by atomic mass is 16.4. The Balaban J connectivity index is 2.09. The van der Waals surface area contributed by atoms with Gasteiger partial charge in [-0.05, 0) is 32.2 Å². The van der Waals surface area contributed by atoms with Gasteiger partial charge < -0.3 is 15.7 Å². The molecule has 1 aliphatic rings. The minimum Gasteiger partial charge on any atom is -0.481 e. The molecule has 0 radical (unpaired) electrons. The summed E-state index contributed by atoms with van der Waals surface area (Å²) in [7, 11) is 0. The average molecular weight is 242 g/mol. The SMILES string of the molecule is CC(CCCNC(=O)[C@@H]1CCCNC1)C(=O)O. The molecule has 17 heavy (non-hydrogen) atoms. The summed E-state index contributed by atoms with van der Waals surface area (Å²) in [5.41, 5.74) is 0. The van der Waals surface area contributed by atoms with Crippen LogP contribution >= 0.6 is 0 Å². The molecule has 1 saturated heterocycles. The number of carbonyl (C=O) groups excluding carboxylic acids is 1. The highest BCUT2D eigenvalue weighted by Gasteiger charge is 2.20. The highest BCUT2D eigenvalue weighted by molar-refractivity contribution is 5.78. The molecular formula is C12H22N2O3. The summed E-state index contributed by atoms with van der Waals surface area (Å²) in [6.07, 6.45) is 3.33. The van der Waals surface area contributed by atoms with Crippen molar-refractivity contribution in [3.63, 3.8) is 0 Å². The molecule has 98 valence electrons. The minimum atomic E-state index is -0.771. The molecule has 0 aromatic heterocycles. The fourth-order valence-corrected chi connectivity index (χ4v) is 1.96. The van der Waals surface area contributed by atoms with Crippen molar-refractivity contribution in [1.82, 2.24) is 10.6 Å². The molecule has 1 amide bonds. The zero-order valence-corrected chi connectivity index (χ0v) is 10.4. The summed E-state index contributed by atoms with van der Waals surface area (Å²) >= 11 is 0. The number of nitrogens with one attached hydrogen (secondary N) is 2. The van der Waals surface area contributed by atoms with Crippen molar-refractivity contribution in [3.05, 3.63) is 0 Å². The van der Waals surface area contributed by atoms with E-state index >= 15 is 0 Å². The summed E-state index contributed by atoms with van der Waals surface area (Å²) in [6.45, 7) is 4.03. The fraction of sp³-hybridized carbons (Fsp3) is 0.833. The number of aliphatic carboxylic acids is 1. The van der Waals surface area contributed by atoms with E-state index in [-0.39, 0.29) is 17.7 Å². The molecule has 0 aliphatic carbocycles. The van der Waals surface area contributed by atoms with Crippen molar-refractivity contribution in [3.8, 4) is 0 Å². The number of piperidine rings is 1. The van der Waals surface area contributed by atoms with Crippen LogP contribution in [0.1, 0.15) is 32.6 Å². The third-order valence-electron chi connectivity index (χ3n) is 3.20. The van der Waals surface area contributed by atoms with Crippen molar-refractivity contribution in [2.75, 3.05) is 19.6 Å². The minimum absolute atomic E-state index is 0.0839. The number of carboxylic acids is 1. The van der Waals surface area contributed by atoms with Crippen molar-refractivity contribution in [2.45, 2.75) is 32.6 Å². The molecule has 1 unspecified atom stereocenters. The molecule has 1 aliphatic heterocycles. The third-order valence-corrected chi connectivity index (χ3v) is 3.20. The summed E-state index contributed by atoms with van der Waals surface area (Å²) in [4.78, 5) is 22.3. The smallest absolute Gasteiger partial charge is 0.306 e. The second-order valence-electron chi connectivity index (χ2n) is 4.72. The van der Waals surface area contributed by atoms with Crippen molar-refractivity contribution >= 4 is 11.9 Å². The molecule has 5 nitrogen and oxygen atoms in total. The van der Waals surface area contributed by atoms with Crippen LogP contribution in [0.2, 0.25) is 0 Å². The van der Waals surface area contributed by atoms with Crippen LogP contribution in [0.3, 0.4) is 0 Å². The molecule has 3 N–H and O–H groups in total. The maximum absolute atomic E-state index is 11.7. The first-order chi connectivity index (χ1) is 8.11. The second-order valence-corrected chi connectivity index (χ2v) is 4.72.